The normalized spacial score (nSPS) is 15.0. The molecule has 29 heavy (non-hydrogen) atoms. The van der Waals surface area contributed by atoms with Crippen molar-refractivity contribution in [3.05, 3.63) is 76.2 Å². The minimum Gasteiger partial charge on any atom is -0.335 e. The topological polar surface area (TPSA) is 58.4 Å². The molecule has 0 bridgehead atoms. The molecule has 4 rings (SSSR count). The predicted octanol–water partition coefficient (Wildman–Crippen LogP) is 2.76. The Kier molecular flexibility index (Phi) is 5.71. The van der Waals surface area contributed by atoms with E-state index in [1.165, 1.54) is 27.1 Å². The second kappa shape index (κ2) is 8.57. The van der Waals surface area contributed by atoms with Crippen LogP contribution in [0.25, 0.3) is 10.8 Å². The van der Waals surface area contributed by atoms with Gasteiger partial charge < -0.3 is 4.90 Å². The van der Waals surface area contributed by atoms with Crippen molar-refractivity contribution in [2.75, 3.05) is 26.2 Å². The van der Waals surface area contributed by atoms with Crippen molar-refractivity contribution in [2.45, 2.75) is 26.4 Å². The van der Waals surface area contributed by atoms with Crippen LogP contribution in [0, 0.1) is 0 Å². The summed E-state index contributed by atoms with van der Waals surface area (Å²) in [6.45, 7) is 6.36. The average Bonchev–Trinajstić information content (AvgIpc) is 2.76. The van der Waals surface area contributed by atoms with Crippen LogP contribution in [0.3, 0.4) is 0 Å². The minimum absolute atomic E-state index is 0.0975. The van der Waals surface area contributed by atoms with Gasteiger partial charge in [0.25, 0.3) is 11.5 Å². The zero-order valence-electron chi connectivity index (χ0n) is 16.8. The first kappa shape index (κ1) is 19.3. The number of benzene rings is 2. The van der Waals surface area contributed by atoms with E-state index in [0.717, 1.165) is 26.1 Å². The predicted molar refractivity (Wildman–Crippen MR) is 114 cm³/mol. The molecule has 0 saturated carbocycles. The molecule has 1 aliphatic rings. The fourth-order valence-electron chi connectivity index (χ4n) is 3.88. The molecule has 2 heterocycles. The van der Waals surface area contributed by atoms with E-state index < -0.39 is 0 Å². The van der Waals surface area contributed by atoms with Crippen LogP contribution in [0.15, 0.2) is 59.4 Å². The lowest BCUT2D eigenvalue weighted by atomic mass is 10.0. The molecule has 1 fully saturated rings. The lowest BCUT2D eigenvalue weighted by molar-refractivity contribution is 0.0620. The summed E-state index contributed by atoms with van der Waals surface area (Å²) in [5.41, 5.74) is 1.50. The van der Waals surface area contributed by atoms with Crippen LogP contribution in [-0.4, -0.2) is 51.7 Å². The van der Waals surface area contributed by atoms with E-state index in [-0.39, 0.29) is 11.5 Å². The SMILES string of the molecule is CCCn1nc(C(=O)N2CCN(Cc3cccc4ccccc34)CC2)ccc1=O. The largest absolute Gasteiger partial charge is 0.335 e. The molecule has 0 radical (unpaired) electrons. The number of aryl methyl sites for hydroxylation is 1. The maximum absolute atomic E-state index is 12.8. The highest BCUT2D eigenvalue weighted by atomic mass is 16.2. The van der Waals surface area contributed by atoms with Gasteiger partial charge in [-0.25, -0.2) is 4.68 Å². The molecule has 6 nitrogen and oxygen atoms in total. The molecule has 6 heteroatoms. The Morgan fingerprint density at radius 1 is 0.966 bits per heavy atom. The Morgan fingerprint density at radius 3 is 2.52 bits per heavy atom. The lowest BCUT2D eigenvalue weighted by Crippen LogP contribution is -2.48. The summed E-state index contributed by atoms with van der Waals surface area (Å²) in [5.74, 6) is -0.0975. The van der Waals surface area contributed by atoms with Gasteiger partial charge in [0, 0.05) is 45.3 Å². The second-order valence-corrected chi connectivity index (χ2v) is 7.49. The number of aromatic nitrogens is 2. The number of fused-ring (bicyclic) bond motifs is 1. The summed E-state index contributed by atoms with van der Waals surface area (Å²) in [6, 6.07) is 17.9. The zero-order valence-corrected chi connectivity index (χ0v) is 16.8. The van der Waals surface area contributed by atoms with Gasteiger partial charge >= 0.3 is 0 Å². The molecular weight excluding hydrogens is 364 g/mol. The van der Waals surface area contributed by atoms with Crippen LogP contribution in [0.1, 0.15) is 29.4 Å². The van der Waals surface area contributed by atoms with E-state index >= 15 is 0 Å². The number of hydrogen-bond acceptors (Lipinski definition) is 4. The quantitative estimate of drug-likeness (QED) is 0.672. The third-order valence-electron chi connectivity index (χ3n) is 5.45. The summed E-state index contributed by atoms with van der Waals surface area (Å²) in [5, 5.41) is 6.80. The molecule has 1 saturated heterocycles. The second-order valence-electron chi connectivity index (χ2n) is 7.49. The van der Waals surface area contributed by atoms with Crippen molar-refractivity contribution in [1.82, 2.24) is 19.6 Å². The molecule has 0 atom stereocenters. The Morgan fingerprint density at radius 2 is 1.72 bits per heavy atom. The van der Waals surface area contributed by atoms with E-state index in [4.69, 9.17) is 0 Å². The number of amides is 1. The van der Waals surface area contributed by atoms with Gasteiger partial charge in [0.15, 0.2) is 0 Å². The lowest BCUT2D eigenvalue weighted by Gasteiger charge is -2.34. The smallest absolute Gasteiger partial charge is 0.274 e. The molecule has 2 aromatic carbocycles. The number of rotatable bonds is 5. The number of hydrogen-bond donors (Lipinski definition) is 0. The van der Waals surface area contributed by atoms with Crippen molar-refractivity contribution < 1.29 is 4.79 Å². The Labute approximate surface area is 170 Å². The first-order valence-electron chi connectivity index (χ1n) is 10.2. The standard InChI is InChI=1S/C23H26N4O2/c1-2-12-27-22(28)11-10-21(24-27)23(29)26-15-13-25(14-16-26)17-19-8-5-7-18-6-3-4-9-20(18)19/h3-11H,2,12-17H2,1H3. The van der Waals surface area contributed by atoms with Gasteiger partial charge in [-0.05, 0) is 28.8 Å². The van der Waals surface area contributed by atoms with Crippen molar-refractivity contribution in [1.29, 1.82) is 0 Å². The fourth-order valence-corrected chi connectivity index (χ4v) is 3.88. The van der Waals surface area contributed by atoms with E-state index in [1.54, 1.807) is 6.07 Å². The van der Waals surface area contributed by atoms with Gasteiger partial charge in [-0.1, -0.05) is 49.4 Å². The summed E-state index contributed by atoms with van der Waals surface area (Å²) >= 11 is 0. The highest BCUT2D eigenvalue weighted by Crippen LogP contribution is 2.20. The molecule has 0 aliphatic carbocycles. The number of carbonyl (C=O) groups excluding carboxylic acids is 1. The van der Waals surface area contributed by atoms with E-state index in [9.17, 15) is 9.59 Å². The first-order chi connectivity index (χ1) is 14.2. The Balaban J connectivity index is 1.41. The van der Waals surface area contributed by atoms with Gasteiger partial charge in [-0.15, -0.1) is 0 Å². The fraction of sp³-hybridized carbons (Fsp3) is 0.348. The van der Waals surface area contributed by atoms with Crippen molar-refractivity contribution >= 4 is 16.7 Å². The van der Waals surface area contributed by atoms with Crippen LogP contribution >= 0.6 is 0 Å². The third-order valence-corrected chi connectivity index (χ3v) is 5.45. The van der Waals surface area contributed by atoms with E-state index in [1.807, 2.05) is 11.8 Å². The molecule has 0 spiro atoms. The Hall–Kier alpha value is -2.99. The van der Waals surface area contributed by atoms with E-state index in [0.29, 0.717) is 25.3 Å². The Bertz CT molecular complexity index is 1060. The maximum atomic E-state index is 12.8. The summed E-state index contributed by atoms with van der Waals surface area (Å²) in [6.07, 6.45) is 0.803. The van der Waals surface area contributed by atoms with Crippen molar-refractivity contribution in [3.63, 3.8) is 0 Å². The summed E-state index contributed by atoms with van der Waals surface area (Å²) < 4.78 is 1.38. The van der Waals surface area contributed by atoms with E-state index in [2.05, 4.69) is 52.5 Å². The first-order valence-corrected chi connectivity index (χ1v) is 10.2. The highest BCUT2D eigenvalue weighted by molar-refractivity contribution is 5.92. The van der Waals surface area contributed by atoms with Crippen LogP contribution in [0.4, 0.5) is 0 Å². The van der Waals surface area contributed by atoms with Crippen molar-refractivity contribution in [3.8, 4) is 0 Å². The molecular formula is C23H26N4O2. The molecule has 0 N–H and O–H groups in total. The monoisotopic (exact) mass is 390 g/mol. The van der Waals surface area contributed by atoms with Crippen LogP contribution in [0.2, 0.25) is 0 Å². The molecule has 0 unspecified atom stereocenters. The van der Waals surface area contributed by atoms with Crippen LogP contribution in [-0.2, 0) is 13.1 Å². The molecule has 3 aromatic rings. The van der Waals surface area contributed by atoms with Gasteiger partial charge in [0.2, 0.25) is 0 Å². The molecule has 1 aromatic heterocycles. The summed E-state index contributed by atoms with van der Waals surface area (Å²) in [4.78, 5) is 28.9. The zero-order chi connectivity index (χ0) is 20.2. The maximum Gasteiger partial charge on any atom is 0.274 e. The molecule has 1 aliphatic heterocycles. The van der Waals surface area contributed by atoms with Gasteiger partial charge in [0.05, 0.1) is 0 Å². The van der Waals surface area contributed by atoms with Gasteiger partial charge in [-0.3, -0.25) is 14.5 Å². The highest BCUT2D eigenvalue weighted by Gasteiger charge is 2.23. The average molecular weight is 390 g/mol. The number of carbonyl (C=O) groups is 1. The van der Waals surface area contributed by atoms with Crippen LogP contribution < -0.4 is 5.56 Å². The van der Waals surface area contributed by atoms with Gasteiger partial charge in [-0.2, -0.15) is 5.10 Å². The molecule has 1 amide bonds. The van der Waals surface area contributed by atoms with Gasteiger partial charge in [0.1, 0.15) is 5.69 Å². The number of nitrogens with zero attached hydrogens (tertiary/aromatic N) is 4. The number of piperazine rings is 1. The minimum atomic E-state index is -0.164. The van der Waals surface area contributed by atoms with Crippen molar-refractivity contribution in [2.24, 2.45) is 0 Å². The van der Waals surface area contributed by atoms with Crippen LogP contribution in [0.5, 0.6) is 0 Å². The molecule has 150 valence electrons. The third kappa shape index (κ3) is 4.22. The summed E-state index contributed by atoms with van der Waals surface area (Å²) in [7, 11) is 0.